The number of fused-ring (bicyclic) bond motifs is 1. The number of benzene rings is 2. The average molecular weight is 415 g/mol. The van der Waals surface area contributed by atoms with Gasteiger partial charge in [0.15, 0.2) is 0 Å². The van der Waals surface area contributed by atoms with Crippen LogP contribution in [0.5, 0.6) is 0 Å². The van der Waals surface area contributed by atoms with Crippen LogP contribution < -0.4 is 5.56 Å². The van der Waals surface area contributed by atoms with Gasteiger partial charge in [-0.05, 0) is 36.8 Å². The second-order valence-electron chi connectivity index (χ2n) is 7.26. The number of hydrogen-bond acceptors (Lipinski definition) is 3. The van der Waals surface area contributed by atoms with Crippen LogP contribution in [0.15, 0.2) is 83.8 Å². The van der Waals surface area contributed by atoms with Crippen molar-refractivity contribution in [2.45, 2.75) is 20.0 Å². The Bertz CT molecular complexity index is 1280. The maximum Gasteiger partial charge on any atom is 0.265 e. The molecule has 0 radical (unpaired) electrons. The van der Waals surface area contributed by atoms with Crippen molar-refractivity contribution in [2.24, 2.45) is 0 Å². The van der Waals surface area contributed by atoms with E-state index < -0.39 is 11.4 Å². The number of amides is 1. The molecule has 0 fully saturated rings. The Morgan fingerprint density at radius 2 is 1.77 bits per heavy atom. The monoisotopic (exact) mass is 415 g/mol. The van der Waals surface area contributed by atoms with E-state index in [9.17, 15) is 14.0 Å². The van der Waals surface area contributed by atoms with E-state index in [1.165, 1.54) is 10.6 Å². The molecule has 0 atom stereocenters. The van der Waals surface area contributed by atoms with Gasteiger partial charge < -0.3 is 4.90 Å². The molecule has 0 bridgehead atoms. The van der Waals surface area contributed by atoms with Crippen LogP contribution in [0.4, 0.5) is 4.39 Å². The normalized spacial score (nSPS) is 10.9. The van der Waals surface area contributed by atoms with Crippen molar-refractivity contribution >= 4 is 16.9 Å². The summed E-state index contributed by atoms with van der Waals surface area (Å²) in [5, 5.41) is 0.651. The summed E-state index contributed by atoms with van der Waals surface area (Å²) in [6.45, 7) is 2.71. The van der Waals surface area contributed by atoms with Crippen LogP contribution in [-0.2, 0) is 13.1 Å². The molecular weight excluding hydrogens is 393 g/mol. The lowest BCUT2D eigenvalue weighted by atomic mass is 10.1. The van der Waals surface area contributed by atoms with Gasteiger partial charge in [-0.25, -0.2) is 9.37 Å². The summed E-state index contributed by atoms with van der Waals surface area (Å²) in [4.78, 5) is 32.6. The van der Waals surface area contributed by atoms with E-state index >= 15 is 0 Å². The minimum Gasteiger partial charge on any atom is -0.334 e. The second-order valence-corrected chi connectivity index (χ2v) is 7.26. The molecule has 0 N–H and O–H groups in total. The number of halogens is 1. The van der Waals surface area contributed by atoms with Gasteiger partial charge in [-0.3, -0.25) is 14.2 Å². The van der Waals surface area contributed by atoms with Gasteiger partial charge in [-0.1, -0.05) is 48.5 Å². The van der Waals surface area contributed by atoms with Crippen LogP contribution in [0.25, 0.3) is 11.0 Å². The van der Waals surface area contributed by atoms with E-state index in [1.54, 1.807) is 47.5 Å². The maximum atomic E-state index is 14.3. The highest BCUT2D eigenvalue weighted by Crippen LogP contribution is 2.16. The SMILES string of the molecule is CCN(Cc1ccccc1)C(=O)c1cc2cccnc2n(Cc2ccccc2F)c1=O. The smallest absolute Gasteiger partial charge is 0.265 e. The van der Waals surface area contributed by atoms with Gasteiger partial charge in [-0.15, -0.1) is 0 Å². The molecule has 31 heavy (non-hydrogen) atoms. The van der Waals surface area contributed by atoms with Crippen LogP contribution in [0.1, 0.15) is 28.4 Å². The molecule has 0 aliphatic heterocycles. The number of pyridine rings is 2. The lowest BCUT2D eigenvalue weighted by Gasteiger charge is -2.22. The minimum absolute atomic E-state index is 0.00898. The molecule has 1 amide bonds. The molecule has 0 spiro atoms. The first kappa shape index (κ1) is 20.5. The summed E-state index contributed by atoms with van der Waals surface area (Å²) in [7, 11) is 0. The third-order valence-corrected chi connectivity index (χ3v) is 5.25. The molecule has 4 rings (SSSR count). The first-order valence-corrected chi connectivity index (χ1v) is 10.1. The largest absolute Gasteiger partial charge is 0.334 e. The molecule has 0 saturated carbocycles. The second kappa shape index (κ2) is 8.92. The van der Waals surface area contributed by atoms with Crippen LogP contribution >= 0.6 is 0 Å². The highest BCUT2D eigenvalue weighted by molar-refractivity contribution is 5.96. The van der Waals surface area contributed by atoms with E-state index in [0.717, 1.165) is 5.56 Å². The lowest BCUT2D eigenvalue weighted by molar-refractivity contribution is 0.0750. The van der Waals surface area contributed by atoms with Gasteiger partial charge in [0.1, 0.15) is 17.0 Å². The van der Waals surface area contributed by atoms with Crippen molar-refractivity contribution in [2.75, 3.05) is 6.54 Å². The Hall–Kier alpha value is -3.80. The first-order chi connectivity index (χ1) is 15.1. The van der Waals surface area contributed by atoms with Gasteiger partial charge in [0.2, 0.25) is 0 Å². The Morgan fingerprint density at radius 1 is 1.03 bits per heavy atom. The molecule has 2 heterocycles. The van der Waals surface area contributed by atoms with E-state index in [1.807, 2.05) is 37.3 Å². The van der Waals surface area contributed by atoms with Gasteiger partial charge in [0.05, 0.1) is 6.54 Å². The average Bonchev–Trinajstić information content (AvgIpc) is 2.80. The number of carbonyl (C=O) groups excluding carboxylic acids is 1. The summed E-state index contributed by atoms with van der Waals surface area (Å²) in [6.07, 6.45) is 1.58. The summed E-state index contributed by atoms with van der Waals surface area (Å²) < 4.78 is 15.7. The standard InChI is InChI=1S/C25H22FN3O2/c1-2-28(16-18-9-4-3-5-10-18)24(30)21-15-19-12-8-14-27-23(19)29(25(21)31)17-20-11-6-7-13-22(20)26/h3-15H,2,16-17H2,1H3. The predicted octanol–water partition coefficient (Wildman–Crippen LogP) is 4.25. The topological polar surface area (TPSA) is 55.2 Å². The third-order valence-electron chi connectivity index (χ3n) is 5.25. The summed E-state index contributed by atoms with van der Waals surface area (Å²) in [5.74, 6) is -0.765. The third kappa shape index (κ3) is 4.23. The molecule has 5 nitrogen and oxygen atoms in total. The minimum atomic E-state index is -0.481. The zero-order valence-corrected chi connectivity index (χ0v) is 17.2. The maximum absolute atomic E-state index is 14.3. The predicted molar refractivity (Wildman–Crippen MR) is 118 cm³/mol. The van der Waals surface area contributed by atoms with Gasteiger partial charge in [0.25, 0.3) is 11.5 Å². The van der Waals surface area contributed by atoms with Crippen molar-refractivity contribution in [3.63, 3.8) is 0 Å². The van der Waals surface area contributed by atoms with Crippen molar-refractivity contribution in [1.82, 2.24) is 14.5 Å². The van der Waals surface area contributed by atoms with Crippen LogP contribution in [0.2, 0.25) is 0 Å². The first-order valence-electron chi connectivity index (χ1n) is 10.1. The highest BCUT2D eigenvalue weighted by Gasteiger charge is 2.21. The Kier molecular flexibility index (Phi) is 5.89. The lowest BCUT2D eigenvalue weighted by Crippen LogP contribution is -2.36. The van der Waals surface area contributed by atoms with Crippen molar-refractivity contribution in [1.29, 1.82) is 0 Å². The van der Waals surface area contributed by atoms with E-state index in [2.05, 4.69) is 4.98 Å². The van der Waals surface area contributed by atoms with Crippen molar-refractivity contribution in [3.8, 4) is 0 Å². The molecular formula is C25H22FN3O2. The quantitative estimate of drug-likeness (QED) is 0.473. The number of nitrogens with zero attached hydrogens (tertiary/aromatic N) is 3. The zero-order valence-electron chi connectivity index (χ0n) is 17.2. The summed E-state index contributed by atoms with van der Waals surface area (Å²) >= 11 is 0. The number of aromatic nitrogens is 2. The number of hydrogen-bond donors (Lipinski definition) is 0. The fourth-order valence-corrected chi connectivity index (χ4v) is 3.60. The Morgan fingerprint density at radius 3 is 2.52 bits per heavy atom. The van der Waals surface area contributed by atoms with Gasteiger partial charge in [-0.2, -0.15) is 0 Å². The van der Waals surface area contributed by atoms with Crippen LogP contribution in [-0.4, -0.2) is 26.9 Å². The molecule has 6 heteroatoms. The van der Waals surface area contributed by atoms with Gasteiger partial charge in [0, 0.05) is 30.2 Å². The molecule has 0 aliphatic carbocycles. The molecule has 2 aromatic heterocycles. The molecule has 0 saturated heterocycles. The van der Waals surface area contributed by atoms with Crippen LogP contribution in [0.3, 0.4) is 0 Å². The molecule has 2 aromatic carbocycles. The molecule has 0 aliphatic rings. The highest BCUT2D eigenvalue weighted by atomic mass is 19.1. The van der Waals surface area contributed by atoms with E-state index in [4.69, 9.17) is 0 Å². The number of carbonyl (C=O) groups is 1. The van der Waals surface area contributed by atoms with Gasteiger partial charge >= 0.3 is 0 Å². The molecule has 4 aromatic rings. The molecule has 0 unspecified atom stereocenters. The fourth-order valence-electron chi connectivity index (χ4n) is 3.60. The summed E-state index contributed by atoms with van der Waals surface area (Å²) in [6, 6.07) is 21.0. The van der Waals surface area contributed by atoms with E-state index in [-0.39, 0.29) is 18.0 Å². The Labute approximate surface area is 179 Å². The van der Waals surface area contributed by atoms with Crippen LogP contribution in [0, 0.1) is 5.82 Å². The summed E-state index contributed by atoms with van der Waals surface area (Å²) in [5.41, 5.74) is 1.32. The van der Waals surface area contributed by atoms with Crippen molar-refractivity contribution < 1.29 is 9.18 Å². The Balaban J connectivity index is 1.79. The molecule has 156 valence electrons. The number of rotatable bonds is 6. The van der Waals surface area contributed by atoms with Crippen molar-refractivity contribution in [3.05, 3.63) is 112 Å². The fraction of sp³-hybridized carbons (Fsp3) is 0.160. The van der Waals surface area contributed by atoms with E-state index in [0.29, 0.717) is 29.7 Å². The zero-order chi connectivity index (χ0) is 21.8.